The summed E-state index contributed by atoms with van der Waals surface area (Å²) in [6.07, 6.45) is 8.45. The average Bonchev–Trinajstić information content (AvgIpc) is 1.81. The van der Waals surface area contributed by atoms with E-state index in [1.807, 2.05) is 44.2 Å². The molecule has 0 spiro atoms. The van der Waals surface area contributed by atoms with Gasteiger partial charge in [0.25, 0.3) is 11.4 Å². The number of aromatic amines is 1. The van der Waals surface area contributed by atoms with Crippen molar-refractivity contribution in [3.8, 4) is 11.4 Å². The van der Waals surface area contributed by atoms with E-state index in [1.165, 1.54) is 120 Å². The van der Waals surface area contributed by atoms with Gasteiger partial charge in [0.1, 0.15) is 53.9 Å². The van der Waals surface area contributed by atoms with Crippen LogP contribution in [-0.4, -0.2) is 310 Å². The van der Waals surface area contributed by atoms with Gasteiger partial charge in [-0.05, 0) is 229 Å². The minimum Gasteiger partial charge on any atom is -0.423 e. The Morgan fingerprint density at radius 1 is 0.388 bits per heavy atom. The minimum atomic E-state index is -1.83. The number of H-pyrrole nitrogens is 1. The molecule has 0 saturated carbocycles. The van der Waals surface area contributed by atoms with Crippen LogP contribution in [0.3, 0.4) is 0 Å². The van der Waals surface area contributed by atoms with Crippen molar-refractivity contribution in [1.29, 1.82) is 0 Å². The quantitative estimate of drug-likeness (QED) is 0.0172. The number of benzene rings is 8. The summed E-state index contributed by atoms with van der Waals surface area (Å²) in [6, 6.07) is 41.1. The van der Waals surface area contributed by atoms with Crippen LogP contribution >= 0.6 is 47.8 Å². The number of nitro benzene ring substituents is 2. The Morgan fingerprint density at radius 2 is 0.727 bits per heavy atom. The van der Waals surface area contributed by atoms with Gasteiger partial charge in [-0.2, -0.15) is 10.1 Å². The van der Waals surface area contributed by atoms with E-state index in [0.717, 1.165) is 251 Å². The monoisotopic (exact) mass is 2120 g/mol. The van der Waals surface area contributed by atoms with Crippen molar-refractivity contribution >= 4 is 118 Å². The number of rotatable bonds is 16. The van der Waals surface area contributed by atoms with Crippen molar-refractivity contribution in [3.05, 3.63) is 261 Å². The summed E-state index contributed by atoms with van der Waals surface area (Å²) >= 11 is 9.26. The molecule has 744 valence electrons. The van der Waals surface area contributed by atoms with Gasteiger partial charge in [-0.15, -0.1) is 10.2 Å². The Kier molecular flexibility index (Phi) is 39.1. The summed E-state index contributed by atoms with van der Waals surface area (Å²) in [5, 5.41) is 55.7. The van der Waals surface area contributed by atoms with Crippen LogP contribution in [0, 0.1) is 89.8 Å². The molecule has 11 aromatic rings. The number of nitrogen functional groups attached to an aromatic ring is 2. The lowest BCUT2D eigenvalue weighted by atomic mass is 9.80. The number of hydrogen-bond donors (Lipinski definition) is 6. The second-order valence-corrected chi connectivity index (χ2v) is 37.5. The highest BCUT2D eigenvalue weighted by Gasteiger charge is 2.34. The van der Waals surface area contributed by atoms with Crippen molar-refractivity contribution in [2.45, 2.75) is 84.1 Å². The van der Waals surface area contributed by atoms with E-state index >= 15 is 0 Å². The fourth-order valence-corrected chi connectivity index (χ4v) is 17.9. The molecule has 44 heteroatoms. The van der Waals surface area contributed by atoms with Gasteiger partial charge in [-0.3, -0.25) is 49.8 Å². The summed E-state index contributed by atoms with van der Waals surface area (Å²) < 4.78 is 108. The first kappa shape index (κ1) is 106. The number of nitrogens with one attached hydrogen (secondary N) is 2. The van der Waals surface area contributed by atoms with Crippen LogP contribution < -0.4 is 41.8 Å². The van der Waals surface area contributed by atoms with E-state index in [4.69, 9.17) is 45.2 Å². The molecule has 0 aliphatic carbocycles. The average molecular weight is 2120 g/mol. The number of halogens is 9. The fraction of sp³-hybridized carbons (Fsp3) is 0.432. The summed E-state index contributed by atoms with van der Waals surface area (Å²) in [4.78, 5) is 54.3. The topological polar surface area (TPSA) is 369 Å². The van der Waals surface area contributed by atoms with E-state index in [9.17, 15) is 46.6 Å². The van der Waals surface area contributed by atoms with E-state index in [1.54, 1.807) is 12.1 Å². The molecular formula is C95H117BBr3F6N23O11. The first-order valence-electron chi connectivity index (χ1n) is 46.0. The standard InChI is InChI=1S/C22H24F2N6O.C14H19N3O3.2C14H21N3O.C8H4BrF2N3.C8H15NO.C7H6BrNO2.C6H5BF2O2.C2H2BrN3/c1-15-6-18(11-19(7-15)28-2-4-29(5-3-28)21-12-31-13-21)26-22-25-14-30(27-22)20-9-16(23)8-17(24)10-20;1-11-6-12(8-13(7-11)17(18)19)15-2-4-16(5-3-15)14-9-20-10-14;2*1-11-6-12(15)8-13(7-11)16-2-4-17(5-3-16)14-9-18-10-14;9-8-12-4-14(13-8)7-2-5(10)1-6(11)3-7;1-2-4-9(5-3-1)8-6-10-7-8;1-5-2-6(8)4-7(3-5)9(10)11;8-5-1-4(7(10)11)2-6(9)3-5;3-2-4-1-5-6-2/h6-11,14,21H,2-5,12-13H2,1H3,(H,26,27);6-8,14H,2-5,9-10H2,1H3;2*6-8,14H,2-5,9-10,15H2,1H3;1-4H;8H,1-7H2;2-4H,1H3;1-3,10-11H;1H,(H,4,5,6). The van der Waals surface area contributed by atoms with E-state index in [-0.39, 0.29) is 27.4 Å². The maximum Gasteiger partial charge on any atom is 0.488 e. The number of hydrogen-bond acceptors (Lipinski definition) is 29. The van der Waals surface area contributed by atoms with Crippen molar-refractivity contribution in [2.75, 3.05) is 220 Å². The molecule has 10 fully saturated rings. The Labute approximate surface area is 828 Å². The Bertz CT molecular complexity index is 5580. The molecule has 8 N–H and O–H groups in total. The Hall–Kier alpha value is -10.8. The molecule has 8 aromatic carbocycles. The van der Waals surface area contributed by atoms with Crippen LogP contribution in [0.15, 0.2) is 179 Å². The smallest absolute Gasteiger partial charge is 0.423 e. The number of ether oxygens (including phenoxy) is 5. The number of aromatic nitrogens is 9. The highest BCUT2D eigenvalue weighted by Crippen LogP contribution is 2.32. The molecule has 21 rings (SSSR count). The van der Waals surface area contributed by atoms with Gasteiger partial charge in [0.05, 0.1) is 117 Å². The van der Waals surface area contributed by atoms with Crippen LogP contribution in [0.25, 0.3) is 11.4 Å². The molecule has 10 aliphatic rings. The number of nitrogens with two attached hydrogens (primary N) is 2. The second-order valence-electron chi connectivity index (χ2n) is 35.1. The van der Waals surface area contributed by atoms with Crippen molar-refractivity contribution in [1.82, 2.24) is 69.2 Å². The molecule has 10 saturated heterocycles. The third-order valence-electron chi connectivity index (χ3n) is 24.5. The molecule has 0 unspecified atom stereocenters. The first-order valence-corrected chi connectivity index (χ1v) is 48.3. The summed E-state index contributed by atoms with van der Waals surface area (Å²) in [6.45, 7) is 38.3. The third kappa shape index (κ3) is 32.4. The number of nitro groups is 2. The molecule has 0 bridgehead atoms. The van der Waals surface area contributed by atoms with Gasteiger partial charge in [-0.25, -0.2) is 45.7 Å². The lowest BCUT2D eigenvalue weighted by Gasteiger charge is -2.43. The fourth-order valence-electron chi connectivity index (χ4n) is 16.9. The maximum absolute atomic E-state index is 13.5. The van der Waals surface area contributed by atoms with Crippen LogP contribution in [0.2, 0.25) is 0 Å². The number of piperazine rings is 4. The zero-order valence-electron chi connectivity index (χ0n) is 78.1. The van der Waals surface area contributed by atoms with Gasteiger partial charge in [0.2, 0.25) is 10.7 Å². The van der Waals surface area contributed by atoms with Gasteiger partial charge in [0.15, 0.2) is 4.73 Å². The molecule has 139 heavy (non-hydrogen) atoms. The largest absolute Gasteiger partial charge is 0.488 e. The number of non-ortho nitro benzene ring substituents is 2. The summed E-state index contributed by atoms with van der Waals surface area (Å²) in [7, 11) is -1.83. The van der Waals surface area contributed by atoms with Gasteiger partial charge < -0.3 is 70.1 Å². The van der Waals surface area contributed by atoms with Crippen molar-refractivity contribution < 1.29 is 69.9 Å². The van der Waals surface area contributed by atoms with Gasteiger partial charge in [0, 0.05) is 191 Å². The van der Waals surface area contributed by atoms with E-state index < -0.39 is 46.9 Å². The number of aryl methyl sites for hydroxylation is 5. The van der Waals surface area contributed by atoms with Crippen LogP contribution in [0.1, 0.15) is 47.1 Å². The van der Waals surface area contributed by atoms with E-state index in [0.29, 0.717) is 51.3 Å². The predicted molar refractivity (Wildman–Crippen MR) is 533 cm³/mol. The minimum absolute atomic E-state index is 0.122. The SMILES string of the molecule is Brc1ncn[nH]1.C1CCN(C2COC2)CC1.Cc1cc(Br)cc([N+](=O)[O-])c1.Cc1cc(N)cc(N2CCN(C3COC3)CC2)c1.Cc1cc(N)cc(N2CCN(C3COC3)CC2)c1.Cc1cc(N2CCN(C3COC3)CC2)cc([N+](=O)[O-])c1.Cc1cc(Nc2ncn(-c3cc(F)cc(F)c3)n2)cc(N2CCN(C3COC3)CC2)c1.Fc1cc(F)cc(-n2cnc(Br)n2)c1.OB(O)c1cc(F)cc(F)c1. The van der Waals surface area contributed by atoms with Gasteiger partial charge in [-0.1, -0.05) is 22.4 Å². The molecule has 0 radical (unpaired) electrons. The zero-order chi connectivity index (χ0) is 98.8. The lowest BCUT2D eigenvalue weighted by molar-refractivity contribution is -0.385. The molecule has 10 aliphatic heterocycles. The van der Waals surface area contributed by atoms with Crippen LogP contribution in [-0.2, 0) is 23.7 Å². The number of nitrogens with zero attached hydrogens (tertiary/aromatic N) is 19. The zero-order valence-corrected chi connectivity index (χ0v) is 82.9. The Morgan fingerprint density at radius 3 is 1.05 bits per heavy atom. The lowest BCUT2D eigenvalue weighted by Crippen LogP contribution is -2.56. The molecule has 13 heterocycles. The third-order valence-corrected chi connectivity index (χ3v) is 25.7. The number of likely N-dealkylation sites (tertiary alicyclic amines) is 1. The van der Waals surface area contributed by atoms with E-state index in [2.05, 4.69) is 190 Å². The Balaban J connectivity index is 0.000000136. The predicted octanol–water partition coefficient (Wildman–Crippen LogP) is 12.8. The summed E-state index contributed by atoms with van der Waals surface area (Å²) in [5.74, 6) is -3.91. The van der Waals surface area contributed by atoms with Crippen molar-refractivity contribution in [3.63, 3.8) is 0 Å². The molecule has 0 amide bonds. The molecule has 0 atom stereocenters. The number of anilines is 8. The maximum atomic E-state index is 13.5. The molecular weight excluding hydrogens is 2000 g/mol. The second kappa shape index (κ2) is 51.6. The van der Waals surface area contributed by atoms with Crippen molar-refractivity contribution in [2.24, 2.45) is 0 Å². The normalized spacial score (nSPS) is 17.7. The molecule has 3 aromatic heterocycles. The van der Waals surface area contributed by atoms with Gasteiger partial charge >= 0.3 is 7.12 Å². The highest BCUT2D eigenvalue weighted by molar-refractivity contribution is 9.11. The van der Waals surface area contributed by atoms with Crippen LogP contribution in [0.5, 0.6) is 0 Å². The number of piperidine rings is 1. The first-order chi connectivity index (χ1) is 66.8. The molecule has 34 nitrogen and oxygen atoms in total. The van der Waals surface area contributed by atoms with Crippen LogP contribution in [0.4, 0.5) is 83.5 Å². The highest BCUT2D eigenvalue weighted by atomic mass is 79.9. The summed E-state index contributed by atoms with van der Waals surface area (Å²) in [5.41, 5.74) is 25.1.